The SMILES string of the molecule is Cn1cnc(S(=O)(=O)N2CCC(Oc3cccc4c3ccn4CC(N)=O)CC2)c1. The van der Waals surface area contributed by atoms with Gasteiger partial charge in [-0.15, -0.1) is 0 Å². The second-order valence-electron chi connectivity index (χ2n) is 7.20. The lowest BCUT2D eigenvalue weighted by molar-refractivity contribution is -0.118. The van der Waals surface area contributed by atoms with Gasteiger partial charge in [0.15, 0.2) is 5.03 Å². The van der Waals surface area contributed by atoms with Gasteiger partial charge in [0.05, 0.1) is 11.8 Å². The van der Waals surface area contributed by atoms with Crippen molar-refractivity contribution in [3.8, 4) is 5.75 Å². The van der Waals surface area contributed by atoms with E-state index in [0.717, 1.165) is 16.7 Å². The molecule has 10 heteroatoms. The number of nitrogens with zero attached hydrogens (tertiary/aromatic N) is 4. The number of aryl methyl sites for hydroxylation is 1. The first-order valence-electron chi connectivity index (χ1n) is 9.35. The summed E-state index contributed by atoms with van der Waals surface area (Å²) in [4.78, 5) is 15.2. The molecule has 1 aliphatic rings. The van der Waals surface area contributed by atoms with Gasteiger partial charge in [0.2, 0.25) is 5.91 Å². The number of benzene rings is 1. The minimum atomic E-state index is -3.58. The Labute approximate surface area is 168 Å². The number of carbonyl (C=O) groups is 1. The van der Waals surface area contributed by atoms with Crippen LogP contribution in [0.25, 0.3) is 10.9 Å². The monoisotopic (exact) mass is 417 g/mol. The Morgan fingerprint density at radius 3 is 2.69 bits per heavy atom. The van der Waals surface area contributed by atoms with Gasteiger partial charge in [0.25, 0.3) is 10.0 Å². The standard InChI is InChI=1S/C19H23N5O4S/c1-22-12-19(21-13-22)29(26,27)24-9-5-14(6-10-24)28-17-4-2-3-16-15(17)7-8-23(16)11-18(20)25/h2-4,7-8,12-14H,5-6,9-11H2,1H3,(H2,20,25). The Kier molecular flexibility index (Phi) is 5.05. The zero-order chi connectivity index (χ0) is 20.6. The van der Waals surface area contributed by atoms with E-state index in [-0.39, 0.29) is 17.7 Å². The number of imidazole rings is 1. The number of amides is 1. The summed E-state index contributed by atoms with van der Waals surface area (Å²) in [5.41, 5.74) is 6.17. The summed E-state index contributed by atoms with van der Waals surface area (Å²) in [5, 5.41) is 0.970. The van der Waals surface area contributed by atoms with Gasteiger partial charge in [-0.1, -0.05) is 6.07 Å². The maximum atomic E-state index is 12.7. The second-order valence-corrected chi connectivity index (χ2v) is 9.08. The van der Waals surface area contributed by atoms with Crippen molar-refractivity contribution in [3.05, 3.63) is 43.0 Å². The van der Waals surface area contributed by atoms with E-state index in [1.54, 1.807) is 16.2 Å². The van der Waals surface area contributed by atoms with E-state index in [1.807, 2.05) is 30.5 Å². The van der Waals surface area contributed by atoms with Crippen LogP contribution in [0.4, 0.5) is 0 Å². The van der Waals surface area contributed by atoms with E-state index < -0.39 is 15.9 Å². The summed E-state index contributed by atoms with van der Waals surface area (Å²) in [6.07, 6.45) is 5.89. The molecule has 1 saturated heterocycles. The number of carbonyl (C=O) groups excluding carboxylic acids is 1. The third kappa shape index (κ3) is 3.85. The number of ether oxygens (including phenoxy) is 1. The van der Waals surface area contributed by atoms with E-state index in [4.69, 9.17) is 10.5 Å². The van der Waals surface area contributed by atoms with Gasteiger partial charge in [-0.25, -0.2) is 13.4 Å². The Morgan fingerprint density at radius 1 is 1.28 bits per heavy atom. The highest BCUT2D eigenvalue weighted by atomic mass is 32.2. The molecule has 2 aromatic heterocycles. The quantitative estimate of drug-likeness (QED) is 0.645. The van der Waals surface area contributed by atoms with Crippen LogP contribution in [0, 0.1) is 0 Å². The van der Waals surface area contributed by atoms with Gasteiger partial charge in [0.1, 0.15) is 18.4 Å². The molecule has 0 unspecified atom stereocenters. The molecule has 3 aromatic rings. The van der Waals surface area contributed by atoms with Gasteiger partial charge in [-0.3, -0.25) is 4.79 Å². The van der Waals surface area contributed by atoms with E-state index in [9.17, 15) is 13.2 Å². The highest BCUT2D eigenvalue weighted by molar-refractivity contribution is 7.89. The van der Waals surface area contributed by atoms with Crippen LogP contribution in [-0.2, 0) is 28.4 Å². The molecule has 0 radical (unpaired) electrons. The second kappa shape index (κ2) is 7.53. The minimum Gasteiger partial charge on any atom is -0.490 e. The van der Waals surface area contributed by atoms with Crippen molar-refractivity contribution >= 4 is 26.8 Å². The first-order chi connectivity index (χ1) is 13.8. The molecule has 3 heterocycles. The number of hydrogen-bond donors (Lipinski definition) is 1. The minimum absolute atomic E-state index is 0.0694. The smallest absolute Gasteiger partial charge is 0.262 e. The molecule has 29 heavy (non-hydrogen) atoms. The predicted octanol–water partition coefficient (Wildman–Crippen LogP) is 1.09. The number of hydrogen-bond acceptors (Lipinski definition) is 5. The predicted molar refractivity (Wildman–Crippen MR) is 107 cm³/mol. The lowest BCUT2D eigenvalue weighted by atomic mass is 10.1. The zero-order valence-corrected chi connectivity index (χ0v) is 16.9. The molecule has 0 bridgehead atoms. The summed E-state index contributed by atoms with van der Waals surface area (Å²) < 4.78 is 36.4. The van der Waals surface area contributed by atoms with Crippen molar-refractivity contribution in [1.29, 1.82) is 0 Å². The summed E-state index contributed by atoms with van der Waals surface area (Å²) >= 11 is 0. The Morgan fingerprint density at radius 2 is 2.03 bits per heavy atom. The molecule has 4 rings (SSSR count). The van der Waals surface area contributed by atoms with Crippen molar-refractivity contribution in [2.75, 3.05) is 13.1 Å². The molecule has 154 valence electrons. The normalized spacial score (nSPS) is 16.3. The lowest BCUT2D eigenvalue weighted by Crippen LogP contribution is -2.41. The van der Waals surface area contributed by atoms with E-state index in [0.29, 0.717) is 25.9 Å². The van der Waals surface area contributed by atoms with Crippen LogP contribution in [-0.4, -0.2) is 51.9 Å². The van der Waals surface area contributed by atoms with Crippen molar-refractivity contribution in [1.82, 2.24) is 18.4 Å². The fourth-order valence-corrected chi connectivity index (χ4v) is 5.06. The molecule has 0 spiro atoms. The molecule has 1 fully saturated rings. The van der Waals surface area contributed by atoms with Crippen LogP contribution in [0.3, 0.4) is 0 Å². The summed E-state index contributed by atoms with van der Waals surface area (Å²) in [7, 11) is -1.84. The molecule has 0 saturated carbocycles. The Bertz CT molecular complexity index is 1140. The highest BCUT2D eigenvalue weighted by Crippen LogP contribution is 2.30. The van der Waals surface area contributed by atoms with Gasteiger partial charge in [0, 0.05) is 37.9 Å². The van der Waals surface area contributed by atoms with Gasteiger partial charge < -0.3 is 19.6 Å². The van der Waals surface area contributed by atoms with Crippen molar-refractivity contribution in [2.24, 2.45) is 12.8 Å². The fourth-order valence-electron chi connectivity index (χ4n) is 3.63. The van der Waals surface area contributed by atoms with E-state index >= 15 is 0 Å². The molecule has 0 atom stereocenters. The molecule has 1 aromatic carbocycles. The first-order valence-corrected chi connectivity index (χ1v) is 10.8. The largest absolute Gasteiger partial charge is 0.490 e. The summed E-state index contributed by atoms with van der Waals surface area (Å²) in [5.74, 6) is 0.312. The molecule has 0 aliphatic carbocycles. The van der Waals surface area contributed by atoms with Crippen LogP contribution in [0.2, 0.25) is 0 Å². The fraction of sp³-hybridized carbons (Fsp3) is 0.368. The maximum Gasteiger partial charge on any atom is 0.262 e. The van der Waals surface area contributed by atoms with Crippen LogP contribution in [0.1, 0.15) is 12.8 Å². The summed E-state index contributed by atoms with van der Waals surface area (Å²) in [6.45, 7) is 0.862. The topological polar surface area (TPSA) is 112 Å². The third-order valence-electron chi connectivity index (χ3n) is 5.08. The van der Waals surface area contributed by atoms with Crippen LogP contribution in [0.15, 0.2) is 48.0 Å². The molecule has 1 aliphatic heterocycles. The highest BCUT2D eigenvalue weighted by Gasteiger charge is 2.31. The Hall–Kier alpha value is -2.85. The van der Waals surface area contributed by atoms with Gasteiger partial charge >= 0.3 is 0 Å². The molecular formula is C19H23N5O4S. The van der Waals surface area contributed by atoms with Crippen LogP contribution >= 0.6 is 0 Å². The van der Waals surface area contributed by atoms with E-state index in [1.165, 1.54) is 16.8 Å². The third-order valence-corrected chi connectivity index (χ3v) is 6.86. The molecule has 1 amide bonds. The Balaban J connectivity index is 1.45. The van der Waals surface area contributed by atoms with Gasteiger partial charge in [-0.2, -0.15) is 4.31 Å². The number of nitrogens with two attached hydrogens (primary N) is 1. The van der Waals surface area contributed by atoms with Crippen LogP contribution in [0.5, 0.6) is 5.75 Å². The molecule has 2 N–H and O–H groups in total. The average Bonchev–Trinajstić information content (AvgIpc) is 3.30. The van der Waals surface area contributed by atoms with Crippen molar-refractivity contribution in [2.45, 2.75) is 30.5 Å². The number of rotatable bonds is 6. The van der Waals surface area contributed by atoms with Crippen molar-refractivity contribution in [3.63, 3.8) is 0 Å². The number of fused-ring (bicyclic) bond motifs is 1. The average molecular weight is 417 g/mol. The van der Waals surface area contributed by atoms with Crippen LogP contribution < -0.4 is 10.5 Å². The maximum absolute atomic E-state index is 12.7. The molecule has 9 nitrogen and oxygen atoms in total. The number of piperidine rings is 1. The summed E-state index contributed by atoms with van der Waals surface area (Å²) in [6, 6.07) is 7.56. The number of aromatic nitrogens is 3. The van der Waals surface area contributed by atoms with Crippen molar-refractivity contribution < 1.29 is 17.9 Å². The zero-order valence-electron chi connectivity index (χ0n) is 16.1. The van der Waals surface area contributed by atoms with Gasteiger partial charge in [-0.05, 0) is 31.0 Å². The number of primary amides is 1. The number of sulfonamides is 1. The molecular weight excluding hydrogens is 394 g/mol. The first kappa shape index (κ1) is 19.5. The lowest BCUT2D eigenvalue weighted by Gasteiger charge is -2.31. The van der Waals surface area contributed by atoms with E-state index in [2.05, 4.69) is 4.98 Å².